The van der Waals surface area contributed by atoms with Crippen LogP contribution in [0.1, 0.15) is 42.2 Å². The van der Waals surface area contributed by atoms with E-state index in [-0.39, 0.29) is 12.3 Å². The van der Waals surface area contributed by atoms with Gasteiger partial charge in [-0.25, -0.2) is 4.98 Å². The van der Waals surface area contributed by atoms with Crippen molar-refractivity contribution < 1.29 is 19.4 Å². The van der Waals surface area contributed by atoms with Crippen molar-refractivity contribution in [2.24, 2.45) is 0 Å². The van der Waals surface area contributed by atoms with E-state index in [0.717, 1.165) is 5.01 Å². The summed E-state index contributed by atoms with van der Waals surface area (Å²) in [6.45, 7) is 3.95. The smallest absolute Gasteiger partial charge is 0.303 e. The number of hydrogen-bond donors (Lipinski definition) is 2. The minimum atomic E-state index is -0.877. The maximum atomic E-state index is 12.0. The minimum absolute atomic E-state index is 0.0132. The third-order valence-electron chi connectivity index (χ3n) is 2.47. The molecule has 0 spiro atoms. The molecular weight excluding hydrogens is 268 g/mol. The number of aromatic nitrogens is 1. The Morgan fingerprint density at radius 1 is 1.53 bits per heavy atom. The third kappa shape index (κ3) is 5.35. The normalized spacial score (nSPS) is 11.3. The molecule has 0 aliphatic heterocycles. The predicted molar refractivity (Wildman–Crippen MR) is 71.2 cm³/mol. The molecule has 1 aromatic rings. The Balaban J connectivity index is 2.59. The molecule has 0 aromatic carbocycles. The van der Waals surface area contributed by atoms with Gasteiger partial charge in [-0.05, 0) is 20.3 Å². The standard InChI is InChI=1S/C12H18N2O4S/c1-12(2,5-4-10(15)16)14-11(17)8-7-19-9(13-8)6-18-3/h7H,4-6H2,1-3H3,(H,14,17)(H,15,16). The van der Waals surface area contributed by atoms with Crippen molar-refractivity contribution in [2.45, 2.75) is 38.8 Å². The van der Waals surface area contributed by atoms with Crippen molar-refractivity contribution in [3.8, 4) is 0 Å². The molecule has 0 saturated carbocycles. The fourth-order valence-corrected chi connectivity index (χ4v) is 2.20. The van der Waals surface area contributed by atoms with Crippen LogP contribution in [0, 0.1) is 0 Å². The average Bonchev–Trinajstić information content (AvgIpc) is 2.75. The van der Waals surface area contributed by atoms with E-state index >= 15 is 0 Å². The number of methoxy groups -OCH3 is 1. The molecule has 0 atom stereocenters. The molecule has 6 nitrogen and oxygen atoms in total. The summed E-state index contributed by atoms with van der Waals surface area (Å²) in [5, 5.41) is 13.8. The Kier molecular flexibility index (Phi) is 5.44. The predicted octanol–water partition coefficient (Wildman–Crippen LogP) is 1.66. The summed E-state index contributed by atoms with van der Waals surface area (Å²) in [5.74, 6) is -1.17. The lowest BCUT2D eigenvalue weighted by Crippen LogP contribution is -2.43. The van der Waals surface area contributed by atoms with Crippen LogP contribution in [0.25, 0.3) is 0 Å². The van der Waals surface area contributed by atoms with Gasteiger partial charge in [0, 0.05) is 24.4 Å². The summed E-state index contributed by atoms with van der Waals surface area (Å²) < 4.78 is 4.94. The van der Waals surface area contributed by atoms with Gasteiger partial charge in [-0.1, -0.05) is 0 Å². The van der Waals surface area contributed by atoms with Crippen LogP contribution in [0.2, 0.25) is 0 Å². The second-order valence-corrected chi connectivity index (χ2v) is 5.73. The van der Waals surface area contributed by atoms with E-state index < -0.39 is 11.5 Å². The van der Waals surface area contributed by atoms with Crippen LogP contribution in [-0.4, -0.2) is 34.6 Å². The SMILES string of the molecule is COCc1nc(C(=O)NC(C)(C)CCC(=O)O)cs1. The zero-order valence-corrected chi connectivity index (χ0v) is 12.0. The average molecular weight is 286 g/mol. The van der Waals surface area contributed by atoms with Crippen LogP contribution < -0.4 is 5.32 Å². The maximum Gasteiger partial charge on any atom is 0.303 e. The third-order valence-corrected chi connectivity index (χ3v) is 3.29. The highest BCUT2D eigenvalue weighted by Gasteiger charge is 2.23. The summed E-state index contributed by atoms with van der Waals surface area (Å²) in [7, 11) is 1.57. The second-order valence-electron chi connectivity index (χ2n) is 4.79. The highest BCUT2D eigenvalue weighted by atomic mass is 32.1. The van der Waals surface area contributed by atoms with Gasteiger partial charge in [0.05, 0.1) is 6.61 Å². The number of carbonyl (C=O) groups is 2. The fourth-order valence-electron chi connectivity index (χ4n) is 1.46. The molecule has 19 heavy (non-hydrogen) atoms. The number of nitrogens with zero attached hydrogens (tertiary/aromatic N) is 1. The van der Waals surface area contributed by atoms with E-state index in [2.05, 4.69) is 10.3 Å². The Hall–Kier alpha value is -1.47. The summed E-state index contributed by atoms with van der Waals surface area (Å²) in [6.07, 6.45) is 0.377. The largest absolute Gasteiger partial charge is 0.481 e. The molecule has 1 rings (SSSR count). The van der Waals surface area contributed by atoms with E-state index in [0.29, 0.717) is 18.7 Å². The van der Waals surface area contributed by atoms with Gasteiger partial charge >= 0.3 is 5.97 Å². The number of carbonyl (C=O) groups excluding carboxylic acids is 1. The van der Waals surface area contributed by atoms with E-state index in [1.807, 2.05) is 0 Å². The zero-order chi connectivity index (χ0) is 14.5. The first-order valence-electron chi connectivity index (χ1n) is 5.82. The van der Waals surface area contributed by atoms with Crippen LogP contribution in [0.3, 0.4) is 0 Å². The van der Waals surface area contributed by atoms with Gasteiger partial charge in [0.15, 0.2) is 0 Å². The molecule has 1 aromatic heterocycles. The number of carboxylic acid groups (broad SMARTS) is 1. The molecule has 1 amide bonds. The monoisotopic (exact) mass is 286 g/mol. The molecule has 0 aliphatic carbocycles. The van der Waals surface area contributed by atoms with E-state index in [4.69, 9.17) is 9.84 Å². The van der Waals surface area contributed by atoms with Crippen molar-refractivity contribution in [1.29, 1.82) is 0 Å². The van der Waals surface area contributed by atoms with Crippen LogP contribution in [0.5, 0.6) is 0 Å². The summed E-state index contributed by atoms with van der Waals surface area (Å²) in [4.78, 5) is 26.7. The quantitative estimate of drug-likeness (QED) is 0.796. The highest BCUT2D eigenvalue weighted by Crippen LogP contribution is 2.15. The molecule has 7 heteroatoms. The first-order chi connectivity index (χ1) is 8.84. The number of thiazole rings is 1. The number of amides is 1. The highest BCUT2D eigenvalue weighted by molar-refractivity contribution is 7.09. The molecule has 0 saturated heterocycles. The summed E-state index contributed by atoms with van der Waals surface area (Å²) >= 11 is 1.36. The van der Waals surface area contributed by atoms with Crippen molar-refractivity contribution in [3.05, 3.63) is 16.1 Å². The lowest BCUT2D eigenvalue weighted by atomic mass is 9.98. The molecule has 0 bridgehead atoms. The van der Waals surface area contributed by atoms with E-state index in [1.165, 1.54) is 11.3 Å². The molecular formula is C12H18N2O4S. The fraction of sp³-hybridized carbons (Fsp3) is 0.583. The number of rotatable bonds is 7. The zero-order valence-electron chi connectivity index (χ0n) is 11.2. The van der Waals surface area contributed by atoms with Gasteiger partial charge in [0.2, 0.25) is 0 Å². The number of aliphatic carboxylic acids is 1. The van der Waals surface area contributed by atoms with Crippen LogP contribution >= 0.6 is 11.3 Å². The summed E-state index contributed by atoms with van der Waals surface area (Å²) in [6, 6.07) is 0. The Bertz CT molecular complexity index is 456. The van der Waals surface area contributed by atoms with Crippen molar-refractivity contribution in [1.82, 2.24) is 10.3 Å². The van der Waals surface area contributed by atoms with Gasteiger partial charge in [-0.3, -0.25) is 9.59 Å². The lowest BCUT2D eigenvalue weighted by Gasteiger charge is -2.25. The van der Waals surface area contributed by atoms with Gasteiger partial charge in [0.1, 0.15) is 10.7 Å². The van der Waals surface area contributed by atoms with E-state index in [1.54, 1.807) is 26.3 Å². The van der Waals surface area contributed by atoms with Crippen molar-refractivity contribution in [3.63, 3.8) is 0 Å². The molecule has 0 fully saturated rings. The molecule has 106 valence electrons. The molecule has 0 aliphatic rings. The Morgan fingerprint density at radius 3 is 2.79 bits per heavy atom. The molecule has 0 radical (unpaired) electrons. The Labute approximate surface area is 115 Å². The van der Waals surface area contributed by atoms with Crippen LogP contribution in [-0.2, 0) is 16.1 Å². The molecule has 0 unspecified atom stereocenters. The number of nitrogens with one attached hydrogen (secondary N) is 1. The van der Waals surface area contributed by atoms with Gasteiger partial charge in [-0.2, -0.15) is 0 Å². The number of hydrogen-bond acceptors (Lipinski definition) is 5. The molecule has 2 N–H and O–H groups in total. The first kappa shape index (κ1) is 15.6. The number of ether oxygens (including phenoxy) is 1. The van der Waals surface area contributed by atoms with Crippen LogP contribution in [0.15, 0.2) is 5.38 Å². The lowest BCUT2D eigenvalue weighted by molar-refractivity contribution is -0.137. The van der Waals surface area contributed by atoms with Crippen molar-refractivity contribution in [2.75, 3.05) is 7.11 Å². The van der Waals surface area contributed by atoms with Gasteiger partial charge in [0.25, 0.3) is 5.91 Å². The minimum Gasteiger partial charge on any atom is -0.481 e. The van der Waals surface area contributed by atoms with Gasteiger partial charge in [-0.15, -0.1) is 11.3 Å². The Morgan fingerprint density at radius 2 is 2.21 bits per heavy atom. The second kappa shape index (κ2) is 6.63. The number of carboxylic acids is 1. The van der Waals surface area contributed by atoms with Crippen LogP contribution in [0.4, 0.5) is 0 Å². The summed E-state index contributed by atoms with van der Waals surface area (Å²) in [5.41, 5.74) is -0.249. The topological polar surface area (TPSA) is 88.5 Å². The van der Waals surface area contributed by atoms with E-state index in [9.17, 15) is 9.59 Å². The molecule has 1 heterocycles. The van der Waals surface area contributed by atoms with Gasteiger partial charge < -0.3 is 15.2 Å². The van der Waals surface area contributed by atoms with Crippen molar-refractivity contribution >= 4 is 23.2 Å². The first-order valence-corrected chi connectivity index (χ1v) is 6.69. The maximum absolute atomic E-state index is 12.0.